The lowest BCUT2D eigenvalue weighted by Crippen LogP contribution is -2.53. The number of fused-ring (bicyclic) bond motifs is 5. The second-order valence-electron chi connectivity index (χ2n) is 9.02. The fourth-order valence-corrected chi connectivity index (χ4v) is 7.14. The van der Waals surface area contributed by atoms with Gasteiger partial charge in [-0.3, -0.25) is 0 Å². The molecule has 4 rings (SSSR count). The van der Waals surface area contributed by atoms with Gasteiger partial charge in [0.2, 0.25) is 0 Å². The molecular formula is C21H31NO2. The zero-order valence-electron chi connectivity index (χ0n) is 15.1. The summed E-state index contributed by atoms with van der Waals surface area (Å²) < 4.78 is 0. The van der Waals surface area contributed by atoms with Crippen LogP contribution in [-0.2, 0) is 4.84 Å². The molecule has 0 radical (unpaired) electrons. The molecule has 0 aliphatic heterocycles. The highest BCUT2D eigenvalue weighted by atomic mass is 16.6. The summed E-state index contributed by atoms with van der Waals surface area (Å²) >= 11 is 0. The summed E-state index contributed by atoms with van der Waals surface area (Å²) in [5.74, 6) is 6.65. The Morgan fingerprint density at radius 2 is 1.96 bits per heavy atom. The van der Waals surface area contributed by atoms with Crippen LogP contribution in [0.15, 0.2) is 5.16 Å². The van der Waals surface area contributed by atoms with Gasteiger partial charge in [-0.2, -0.15) is 0 Å². The van der Waals surface area contributed by atoms with E-state index in [-0.39, 0.29) is 5.41 Å². The van der Waals surface area contributed by atoms with Gasteiger partial charge in [-0.05, 0) is 87.4 Å². The Morgan fingerprint density at radius 1 is 1.12 bits per heavy atom. The molecular weight excluding hydrogens is 298 g/mol. The lowest BCUT2D eigenvalue weighted by Gasteiger charge is -2.56. The largest absolute Gasteiger partial charge is 0.399 e. The van der Waals surface area contributed by atoms with Gasteiger partial charge in [0.15, 0.2) is 0 Å². The molecule has 4 aliphatic rings. The zero-order valence-corrected chi connectivity index (χ0v) is 15.1. The highest BCUT2D eigenvalue weighted by Crippen LogP contribution is 2.65. The average Bonchev–Trinajstić information content (AvgIpc) is 2.87. The van der Waals surface area contributed by atoms with Gasteiger partial charge in [-0.15, -0.1) is 6.42 Å². The number of aliphatic hydroxyl groups is 1. The van der Waals surface area contributed by atoms with Crippen LogP contribution in [0.5, 0.6) is 0 Å². The number of terminal acetylenes is 1. The lowest BCUT2D eigenvalue weighted by molar-refractivity contribution is -0.101. The van der Waals surface area contributed by atoms with Crippen molar-refractivity contribution in [2.45, 2.75) is 70.3 Å². The summed E-state index contributed by atoms with van der Waals surface area (Å²) in [6.45, 7) is 2.27. The van der Waals surface area contributed by atoms with Crippen LogP contribution in [0.3, 0.4) is 0 Å². The SMILES string of the molecule is C#C[C@@]1(O)CC[C@H]2[C@@H]3CC[C@H]4C/C(=N/OC)CC[C@@H]4[C@H]3CC[C@@]21C. The van der Waals surface area contributed by atoms with Gasteiger partial charge in [-0.25, -0.2) is 0 Å². The van der Waals surface area contributed by atoms with Crippen LogP contribution in [0.25, 0.3) is 0 Å². The molecule has 0 unspecified atom stereocenters. The van der Waals surface area contributed by atoms with Gasteiger partial charge in [-0.1, -0.05) is 18.0 Å². The van der Waals surface area contributed by atoms with Crippen molar-refractivity contribution in [1.82, 2.24) is 0 Å². The molecule has 0 saturated heterocycles. The van der Waals surface area contributed by atoms with E-state index < -0.39 is 5.60 Å². The van der Waals surface area contributed by atoms with E-state index in [2.05, 4.69) is 18.0 Å². The van der Waals surface area contributed by atoms with Crippen LogP contribution < -0.4 is 0 Å². The van der Waals surface area contributed by atoms with E-state index in [1.165, 1.54) is 31.4 Å². The normalized spacial score (nSPS) is 52.1. The molecule has 1 N–H and O–H groups in total. The number of rotatable bonds is 1. The van der Waals surface area contributed by atoms with Gasteiger partial charge < -0.3 is 9.94 Å². The van der Waals surface area contributed by atoms with Crippen molar-refractivity contribution in [3.8, 4) is 12.3 Å². The lowest BCUT2D eigenvalue weighted by atomic mass is 9.49. The highest BCUT2D eigenvalue weighted by Gasteiger charge is 2.62. The molecule has 0 amide bonds. The minimum Gasteiger partial charge on any atom is -0.399 e. The maximum Gasteiger partial charge on any atom is 0.130 e. The molecule has 0 heterocycles. The number of nitrogens with zero attached hydrogens (tertiary/aromatic N) is 1. The summed E-state index contributed by atoms with van der Waals surface area (Å²) in [6, 6.07) is 0. The maximum absolute atomic E-state index is 11.0. The monoisotopic (exact) mass is 329 g/mol. The van der Waals surface area contributed by atoms with Gasteiger partial charge in [0.25, 0.3) is 0 Å². The van der Waals surface area contributed by atoms with Crippen molar-refractivity contribution < 1.29 is 9.94 Å². The molecule has 132 valence electrons. The Bertz CT molecular complexity index is 579. The Kier molecular flexibility index (Phi) is 3.95. The van der Waals surface area contributed by atoms with Gasteiger partial charge >= 0.3 is 0 Å². The summed E-state index contributed by atoms with van der Waals surface area (Å²) in [5, 5.41) is 15.2. The van der Waals surface area contributed by atoms with Gasteiger partial charge in [0.1, 0.15) is 12.7 Å². The summed E-state index contributed by atoms with van der Waals surface area (Å²) in [7, 11) is 1.66. The van der Waals surface area contributed by atoms with E-state index in [0.29, 0.717) is 5.92 Å². The highest BCUT2D eigenvalue weighted by molar-refractivity contribution is 5.85. The summed E-state index contributed by atoms with van der Waals surface area (Å²) in [6.07, 6.45) is 16.2. The molecule has 0 aromatic rings. The Balaban J connectivity index is 1.55. The van der Waals surface area contributed by atoms with Crippen molar-refractivity contribution in [1.29, 1.82) is 0 Å². The predicted molar refractivity (Wildman–Crippen MR) is 95.3 cm³/mol. The zero-order chi connectivity index (χ0) is 16.9. The Labute approximate surface area is 146 Å². The van der Waals surface area contributed by atoms with Crippen LogP contribution in [0.1, 0.15) is 64.7 Å². The first-order valence-electron chi connectivity index (χ1n) is 9.81. The van der Waals surface area contributed by atoms with E-state index in [4.69, 9.17) is 11.3 Å². The maximum atomic E-state index is 11.0. The second kappa shape index (κ2) is 5.77. The van der Waals surface area contributed by atoms with Crippen molar-refractivity contribution in [3.05, 3.63) is 0 Å². The third-order valence-electron chi connectivity index (χ3n) is 8.39. The molecule has 0 bridgehead atoms. The van der Waals surface area contributed by atoms with Crippen molar-refractivity contribution in [2.24, 2.45) is 40.2 Å². The van der Waals surface area contributed by atoms with Crippen molar-refractivity contribution >= 4 is 5.71 Å². The third kappa shape index (κ3) is 2.18. The molecule has 3 heteroatoms. The first-order chi connectivity index (χ1) is 11.5. The van der Waals surface area contributed by atoms with E-state index in [1.807, 2.05) is 0 Å². The summed E-state index contributed by atoms with van der Waals surface area (Å²) in [5.41, 5.74) is 0.331. The van der Waals surface area contributed by atoms with Crippen LogP contribution in [0, 0.1) is 47.3 Å². The minimum atomic E-state index is -0.871. The molecule has 0 spiro atoms. The predicted octanol–water partition coefficient (Wildman–Crippen LogP) is 4.01. The van der Waals surface area contributed by atoms with E-state index in [1.54, 1.807) is 7.11 Å². The van der Waals surface area contributed by atoms with Crippen LogP contribution in [0.2, 0.25) is 0 Å². The first-order valence-corrected chi connectivity index (χ1v) is 9.81. The number of hydrogen-bond donors (Lipinski definition) is 1. The molecule has 4 saturated carbocycles. The third-order valence-corrected chi connectivity index (χ3v) is 8.39. The standard InChI is InChI=1S/C21H31NO2/c1-4-21(23)12-10-19-18-7-5-14-13-15(22-24-3)6-8-16(14)17(18)9-11-20(19,21)2/h1,14,16-19,23H,5-13H2,2-3H3/b22-15+/t14-,16-,17+,18+,19-,20-,21+/m0/s1. The molecule has 4 fully saturated rings. The van der Waals surface area contributed by atoms with Gasteiger partial charge in [0.05, 0.1) is 5.71 Å². The van der Waals surface area contributed by atoms with Crippen LogP contribution in [0.4, 0.5) is 0 Å². The molecule has 7 atom stereocenters. The molecule has 4 aliphatic carbocycles. The van der Waals surface area contributed by atoms with E-state index in [0.717, 1.165) is 55.8 Å². The van der Waals surface area contributed by atoms with Gasteiger partial charge in [0, 0.05) is 5.41 Å². The van der Waals surface area contributed by atoms with E-state index in [9.17, 15) is 5.11 Å². The fraction of sp³-hybridized carbons (Fsp3) is 0.857. The Morgan fingerprint density at radius 3 is 2.71 bits per heavy atom. The van der Waals surface area contributed by atoms with Crippen molar-refractivity contribution in [3.63, 3.8) is 0 Å². The average molecular weight is 329 g/mol. The number of oxime groups is 1. The Hall–Kier alpha value is -1.01. The molecule has 0 aromatic heterocycles. The van der Waals surface area contributed by atoms with Crippen molar-refractivity contribution in [2.75, 3.05) is 7.11 Å². The number of hydrogen-bond acceptors (Lipinski definition) is 3. The van der Waals surface area contributed by atoms with Crippen LogP contribution >= 0.6 is 0 Å². The second-order valence-corrected chi connectivity index (χ2v) is 9.02. The quantitative estimate of drug-likeness (QED) is 0.583. The summed E-state index contributed by atoms with van der Waals surface area (Å²) in [4.78, 5) is 5.01. The van der Waals surface area contributed by atoms with E-state index >= 15 is 0 Å². The molecule has 24 heavy (non-hydrogen) atoms. The van der Waals surface area contributed by atoms with Crippen LogP contribution in [-0.4, -0.2) is 23.5 Å². The fourth-order valence-electron chi connectivity index (χ4n) is 7.14. The molecule has 3 nitrogen and oxygen atoms in total. The first kappa shape index (κ1) is 16.5. The molecule has 0 aromatic carbocycles. The minimum absolute atomic E-state index is 0.0624. The topological polar surface area (TPSA) is 41.8 Å². The smallest absolute Gasteiger partial charge is 0.130 e.